The van der Waals surface area contributed by atoms with Crippen molar-refractivity contribution in [2.24, 2.45) is 5.41 Å². The highest BCUT2D eigenvalue weighted by Gasteiger charge is 2.51. The second-order valence-corrected chi connectivity index (χ2v) is 7.52. The number of aryl methyl sites for hydroxylation is 1. The molecule has 2 aromatic rings. The van der Waals surface area contributed by atoms with Crippen molar-refractivity contribution in [2.75, 3.05) is 0 Å². The van der Waals surface area contributed by atoms with Crippen molar-refractivity contribution in [2.45, 2.75) is 44.9 Å². The molecule has 1 heterocycles. The summed E-state index contributed by atoms with van der Waals surface area (Å²) in [6, 6.07) is 10.5. The van der Waals surface area contributed by atoms with Gasteiger partial charge in [0.2, 0.25) is 0 Å². The lowest BCUT2D eigenvalue weighted by molar-refractivity contribution is -0.117. The Labute approximate surface area is 135 Å². The highest BCUT2D eigenvalue weighted by atomic mass is 16.1. The molecule has 3 aliphatic rings. The van der Waals surface area contributed by atoms with Crippen LogP contribution < -0.4 is 0 Å². The first kappa shape index (κ1) is 13.3. The summed E-state index contributed by atoms with van der Waals surface area (Å²) in [5.41, 5.74) is 7.42. The Morgan fingerprint density at radius 1 is 1.17 bits per heavy atom. The molecule has 1 saturated carbocycles. The SMILES string of the molecule is Cc1[nH]nc2c1C(c1ccccc1)C1=C(C2)CC2(CC2)CC1=O. The Kier molecular flexibility index (Phi) is 2.56. The fourth-order valence-corrected chi connectivity index (χ4v) is 4.63. The number of ketones is 1. The van der Waals surface area contributed by atoms with Gasteiger partial charge in [-0.2, -0.15) is 5.10 Å². The van der Waals surface area contributed by atoms with E-state index in [9.17, 15) is 4.79 Å². The summed E-state index contributed by atoms with van der Waals surface area (Å²) in [5.74, 6) is 0.446. The van der Waals surface area contributed by atoms with E-state index in [0.29, 0.717) is 11.2 Å². The van der Waals surface area contributed by atoms with Crippen LogP contribution >= 0.6 is 0 Å². The highest BCUT2D eigenvalue weighted by molar-refractivity contribution is 6.00. The van der Waals surface area contributed by atoms with Crippen LogP contribution in [0.15, 0.2) is 41.5 Å². The van der Waals surface area contributed by atoms with E-state index >= 15 is 0 Å². The van der Waals surface area contributed by atoms with Crippen LogP contribution in [0.1, 0.15) is 54.1 Å². The summed E-state index contributed by atoms with van der Waals surface area (Å²) < 4.78 is 0. The molecule has 3 aliphatic carbocycles. The van der Waals surface area contributed by atoms with Gasteiger partial charge in [0.25, 0.3) is 0 Å². The largest absolute Gasteiger partial charge is 0.294 e. The van der Waals surface area contributed by atoms with Crippen LogP contribution in [0.5, 0.6) is 0 Å². The van der Waals surface area contributed by atoms with Crippen molar-refractivity contribution in [1.82, 2.24) is 10.2 Å². The van der Waals surface area contributed by atoms with Gasteiger partial charge in [0, 0.05) is 35.6 Å². The number of carbonyl (C=O) groups excluding carboxylic acids is 1. The van der Waals surface area contributed by atoms with Crippen molar-refractivity contribution >= 4 is 5.78 Å². The van der Waals surface area contributed by atoms with E-state index in [2.05, 4.69) is 41.4 Å². The molecule has 0 saturated heterocycles. The van der Waals surface area contributed by atoms with Crippen LogP contribution in [-0.2, 0) is 11.2 Å². The zero-order chi connectivity index (χ0) is 15.6. The number of hydrogen-bond donors (Lipinski definition) is 1. The zero-order valence-corrected chi connectivity index (χ0v) is 13.4. The smallest absolute Gasteiger partial charge is 0.160 e. The van der Waals surface area contributed by atoms with Gasteiger partial charge >= 0.3 is 0 Å². The minimum atomic E-state index is 0.0669. The number of benzene rings is 1. The highest BCUT2D eigenvalue weighted by Crippen LogP contribution is 2.59. The summed E-state index contributed by atoms with van der Waals surface area (Å²) in [6.45, 7) is 2.07. The van der Waals surface area contributed by atoms with Crippen LogP contribution in [0.2, 0.25) is 0 Å². The summed E-state index contributed by atoms with van der Waals surface area (Å²) in [7, 11) is 0. The molecule has 0 bridgehead atoms. The number of rotatable bonds is 1. The molecule has 0 aliphatic heterocycles. The second kappa shape index (κ2) is 4.44. The second-order valence-electron chi connectivity index (χ2n) is 7.52. The molecule has 5 rings (SSSR count). The molecule has 1 fully saturated rings. The van der Waals surface area contributed by atoms with E-state index in [1.807, 2.05) is 6.07 Å². The predicted octanol–water partition coefficient (Wildman–Crippen LogP) is 3.85. The van der Waals surface area contributed by atoms with Crippen molar-refractivity contribution in [1.29, 1.82) is 0 Å². The topological polar surface area (TPSA) is 45.8 Å². The van der Waals surface area contributed by atoms with Crippen LogP contribution in [0, 0.1) is 12.3 Å². The van der Waals surface area contributed by atoms with E-state index in [1.165, 1.54) is 29.5 Å². The van der Waals surface area contributed by atoms with Crippen molar-refractivity contribution in [3.63, 3.8) is 0 Å². The number of nitrogens with one attached hydrogen (secondary N) is 1. The van der Waals surface area contributed by atoms with Crippen LogP contribution in [0.3, 0.4) is 0 Å². The first-order chi connectivity index (χ1) is 11.2. The van der Waals surface area contributed by atoms with Gasteiger partial charge in [0.1, 0.15) is 0 Å². The fourth-order valence-electron chi connectivity index (χ4n) is 4.63. The van der Waals surface area contributed by atoms with Gasteiger partial charge in [-0.1, -0.05) is 35.9 Å². The third-order valence-corrected chi connectivity index (χ3v) is 5.93. The van der Waals surface area contributed by atoms with E-state index < -0.39 is 0 Å². The van der Waals surface area contributed by atoms with Gasteiger partial charge in [-0.05, 0) is 37.2 Å². The molecule has 3 heteroatoms. The molecule has 1 spiro atoms. The number of nitrogens with zero attached hydrogens (tertiary/aromatic N) is 1. The number of Topliss-reactive ketones (excluding diaryl/α,β-unsaturated/α-hetero) is 1. The van der Waals surface area contributed by atoms with Crippen LogP contribution in [0.4, 0.5) is 0 Å². The number of hydrogen-bond acceptors (Lipinski definition) is 2. The van der Waals surface area contributed by atoms with E-state index in [4.69, 9.17) is 0 Å². The maximum atomic E-state index is 13.0. The molecular formula is C20H20N2O. The Bertz CT molecular complexity index is 840. The standard InChI is InChI=1S/C20H20N2O/c1-12-17-15(22-21-12)9-14-10-20(7-8-20)11-16(23)18(14)19(17)13-5-3-2-4-6-13/h2-6,19H,7-11H2,1H3,(H,21,22). The van der Waals surface area contributed by atoms with Crippen LogP contribution in [-0.4, -0.2) is 16.0 Å². The lowest BCUT2D eigenvalue weighted by atomic mass is 9.68. The normalized spacial score (nSPS) is 24.6. The predicted molar refractivity (Wildman–Crippen MR) is 88.2 cm³/mol. The molecule has 1 unspecified atom stereocenters. The lowest BCUT2D eigenvalue weighted by Gasteiger charge is -2.34. The molecule has 0 radical (unpaired) electrons. The quantitative estimate of drug-likeness (QED) is 0.870. The maximum absolute atomic E-state index is 13.0. The molecule has 1 aromatic heterocycles. The maximum Gasteiger partial charge on any atom is 0.160 e. The molecular weight excluding hydrogens is 284 g/mol. The lowest BCUT2D eigenvalue weighted by Crippen LogP contribution is -2.29. The summed E-state index contributed by atoms with van der Waals surface area (Å²) >= 11 is 0. The minimum absolute atomic E-state index is 0.0669. The van der Waals surface area contributed by atoms with Gasteiger partial charge in [-0.15, -0.1) is 0 Å². The molecule has 3 nitrogen and oxygen atoms in total. The average molecular weight is 304 g/mol. The van der Waals surface area contributed by atoms with E-state index in [-0.39, 0.29) is 5.92 Å². The monoisotopic (exact) mass is 304 g/mol. The third kappa shape index (κ3) is 1.89. The van der Waals surface area contributed by atoms with Gasteiger partial charge < -0.3 is 0 Å². The first-order valence-electron chi connectivity index (χ1n) is 8.51. The van der Waals surface area contributed by atoms with Gasteiger partial charge in [0.15, 0.2) is 5.78 Å². The number of aromatic amines is 1. The molecule has 1 aromatic carbocycles. The molecule has 116 valence electrons. The van der Waals surface area contributed by atoms with Crippen molar-refractivity contribution < 1.29 is 4.79 Å². The van der Waals surface area contributed by atoms with Gasteiger partial charge in [-0.25, -0.2) is 0 Å². The van der Waals surface area contributed by atoms with E-state index in [0.717, 1.165) is 36.2 Å². The van der Waals surface area contributed by atoms with Crippen LogP contribution in [0.25, 0.3) is 0 Å². The number of allylic oxidation sites excluding steroid dienone is 2. The number of aromatic nitrogens is 2. The van der Waals surface area contributed by atoms with Gasteiger partial charge in [-0.3, -0.25) is 9.89 Å². The molecule has 0 amide bonds. The Morgan fingerprint density at radius 2 is 1.96 bits per heavy atom. The average Bonchev–Trinajstić information content (AvgIpc) is 3.19. The van der Waals surface area contributed by atoms with Crippen molar-refractivity contribution in [3.8, 4) is 0 Å². The Morgan fingerprint density at radius 3 is 2.70 bits per heavy atom. The number of carbonyl (C=O) groups is 1. The number of fused-ring (bicyclic) bond motifs is 1. The molecule has 23 heavy (non-hydrogen) atoms. The fraction of sp³-hybridized carbons (Fsp3) is 0.400. The minimum Gasteiger partial charge on any atom is -0.294 e. The first-order valence-corrected chi connectivity index (χ1v) is 8.51. The van der Waals surface area contributed by atoms with E-state index in [1.54, 1.807) is 0 Å². The summed E-state index contributed by atoms with van der Waals surface area (Å²) in [4.78, 5) is 13.0. The summed E-state index contributed by atoms with van der Waals surface area (Å²) in [6.07, 6.45) is 5.14. The van der Waals surface area contributed by atoms with Crippen molar-refractivity contribution in [3.05, 3.63) is 64.0 Å². The molecule has 1 N–H and O–H groups in total. The van der Waals surface area contributed by atoms with Gasteiger partial charge in [0.05, 0.1) is 5.69 Å². The zero-order valence-electron chi connectivity index (χ0n) is 13.4. The molecule has 1 atom stereocenters. The summed E-state index contributed by atoms with van der Waals surface area (Å²) in [5, 5.41) is 7.70. The Balaban J connectivity index is 1.72. The Hall–Kier alpha value is -2.16. The third-order valence-electron chi connectivity index (χ3n) is 5.93. The number of H-pyrrole nitrogens is 1.